The van der Waals surface area contributed by atoms with Crippen LogP contribution in [0.25, 0.3) is 0 Å². The summed E-state index contributed by atoms with van der Waals surface area (Å²) in [5, 5.41) is 14.1. The number of ether oxygens (including phenoxy) is 2. The van der Waals surface area contributed by atoms with E-state index in [1.54, 1.807) is 23.1 Å². The summed E-state index contributed by atoms with van der Waals surface area (Å²) < 4.78 is 10.6. The number of nitrogens with zero attached hydrogens (tertiary/aromatic N) is 3. The molecule has 10 nitrogen and oxygen atoms in total. The van der Waals surface area contributed by atoms with Crippen LogP contribution in [-0.2, 0) is 4.79 Å². The van der Waals surface area contributed by atoms with E-state index in [0.29, 0.717) is 30.3 Å². The van der Waals surface area contributed by atoms with Crippen molar-refractivity contribution in [1.29, 1.82) is 0 Å². The molecule has 2 aromatic rings. The van der Waals surface area contributed by atoms with Crippen LogP contribution in [0.5, 0.6) is 11.5 Å². The molecule has 1 atom stereocenters. The first kappa shape index (κ1) is 23.5. The van der Waals surface area contributed by atoms with Crippen LogP contribution in [0.15, 0.2) is 18.2 Å². The molecule has 1 unspecified atom stereocenters. The van der Waals surface area contributed by atoms with Crippen LogP contribution in [0.2, 0.25) is 0 Å². The number of carbonyl (C=O) groups is 3. The quantitative estimate of drug-likeness (QED) is 0.606. The van der Waals surface area contributed by atoms with Gasteiger partial charge in [-0.05, 0) is 37.8 Å². The van der Waals surface area contributed by atoms with Gasteiger partial charge in [0.2, 0.25) is 22.7 Å². The fraction of sp³-hybridized carbons (Fsp3) is 0.542. The molecule has 186 valence electrons. The third-order valence-corrected chi connectivity index (χ3v) is 7.62. The summed E-state index contributed by atoms with van der Waals surface area (Å²) in [6.45, 7) is 1.06. The second-order valence-corrected chi connectivity index (χ2v) is 10.2. The Labute approximate surface area is 207 Å². The number of likely N-dealkylation sites (tertiary alicyclic amines) is 1. The molecule has 1 aromatic heterocycles. The van der Waals surface area contributed by atoms with Crippen LogP contribution in [0.1, 0.15) is 71.0 Å². The maximum atomic E-state index is 13.1. The monoisotopic (exact) mass is 499 g/mol. The zero-order valence-corrected chi connectivity index (χ0v) is 20.3. The van der Waals surface area contributed by atoms with Gasteiger partial charge in [-0.3, -0.25) is 14.4 Å². The van der Waals surface area contributed by atoms with Gasteiger partial charge in [-0.1, -0.05) is 37.0 Å². The van der Waals surface area contributed by atoms with Gasteiger partial charge in [0.15, 0.2) is 11.5 Å². The lowest BCUT2D eigenvalue weighted by atomic mass is 9.96. The predicted octanol–water partition coefficient (Wildman–Crippen LogP) is 3.21. The molecule has 3 aliphatic rings. The highest BCUT2D eigenvalue weighted by Crippen LogP contribution is 2.34. The largest absolute Gasteiger partial charge is 0.454 e. The van der Waals surface area contributed by atoms with Gasteiger partial charge in [0.05, 0.1) is 5.92 Å². The molecular formula is C24H29N5O5S. The lowest BCUT2D eigenvalue weighted by Crippen LogP contribution is -2.47. The van der Waals surface area contributed by atoms with E-state index in [1.165, 1.54) is 12.8 Å². The number of benzene rings is 1. The van der Waals surface area contributed by atoms with Crippen LogP contribution in [0.3, 0.4) is 0 Å². The SMILES string of the molecule is O=C(Nc1ccc2c(c1)OCO2)c1nnc(C(=O)N2CCCC(C(=O)NC3CCCCCC3)C2)s1. The van der Waals surface area contributed by atoms with Gasteiger partial charge < -0.3 is 25.0 Å². The van der Waals surface area contributed by atoms with Gasteiger partial charge in [0.25, 0.3) is 11.8 Å². The fourth-order valence-corrected chi connectivity index (χ4v) is 5.52. The van der Waals surface area contributed by atoms with Crippen molar-refractivity contribution in [2.24, 2.45) is 5.92 Å². The molecule has 0 radical (unpaired) electrons. The first-order valence-electron chi connectivity index (χ1n) is 12.2. The van der Waals surface area contributed by atoms with Crippen molar-refractivity contribution in [3.05, 3.63) is 28.2 Å². The minimum absolute atomic E-state index is 0.0375. The van der Waals surface area contributed by atoms with Crippen molar-refractivity contribution in [1.82, 2.24) is 20.4 Å². The Balaban J connectivity index is 1.17. The molecule has 1 aromatic carbocycles. The minimum atomic E-state index is -0.459. The molecule has 5 rings (SSSR count). The zero-order chi connectivity index (χ0) is 24.2. The topological polar surface area (TPSA) is 123 Å². The van der Waals surface area contributed by atoms with E-state index in [-0.39, 0.29) is 40.6 Å². The Morgan fingerprint density at radius 2 is 1.71 bits per heavy atom. The van der Waals surface area contributed by atoms with Crippen molar-refractivity contribution in [3.8, 4) is 11.5 Å². The summed E-state index contributed by atoms with van der Waals surface area (Å²) in [7, 11) is 0. The Kier molecular flexibility index (Phi) is 7.12. The van der Waals surface area contributed by atoms with Crippen molar-refractivity contribution >= 4 is 34.7 Å². The molecule has 2 aliphatic heterocycles. The maximum Gasteiger partial charge on any atom is 0.286 e. The Morgan fingerprint density at radius 3 is 2.54 bits per heavy atom. The summed E-state index contributed by atoms with van der Waals surface area (Å²) in [5.74, 6) is 0.234. The fourth-order valence-electron chi connectivity index (χ4n) is 4.81. The number of amides is 3. The number of fused-ring (bicyclic) bond motifs is 1. The third-order valence-electron chi connectivity index (χ3n) is 6.71. The zero-order valence-electron chi connectivity index (χ0n) is 19.5. The molecule has 35 heavy (non-hydrogen) atoms. The van der Waals surface area contributed by atoms with Crippen molar-refractivity contribution in [2.45, 2.75) is 57.4 Å². The van der Waals surface area contributed by atoms with Crippen molar-refractivity contribution in [3.63, 3.8) is 0 Å². The number of nitrogens with one attached hydrogen (secondary N) is 2. The number of carbonyl (C=O) groups excluding carboxylic acids is 3. The van der Waals surface area contributed by atoms with Gasteiger partial charge in [0, 0.05) is 30.9 Å². The lowest BCUT2D eigenvalue weighted by Gasteiger charge is -2.32. The average Bonchev–Trinajstić information content (AvgIpc) is 3.48. The number of rotatable bonds is 5. The molecular weight excluding hydrogens is 470 g/mol. The molecule has 1 saturated heterocycles. The van der Waals surface area contributed by atoms with Gasteiger partial charge in [-0.25, -0.2) is 0 Å². The second-order valence-electron chi connectivity index (χ2n) is 9.22. The molecule has 3 heterocycles. The second kappa shape index (κ2) is 10.6. The van der Waals surface area contributed by atoms with Gasteiger partial charge in [-0.2, -0.15) is 0 Å². The normalized spacial score (nSPS) is 20.2. The van der Waals surface area contributed by atoms with Crippen LogP contribution < -0.4 is 20.1 Å². The summed E-state index contributed by atoms with van der Waals surface area (Å²) in [5.41, 5.74) is 0.529. The molecule has 2 fully saturated rings. The maximum absolute atomic E-state index is 13.1. The van der Waals surface area contributed by atoms with Crippen LogP contribution >= 0.6 is 11.3 Å². The summed E-state index contributed by atoms with van der Waals surface area (Å²) >= 11 is 0.946. The Bertz CT molecular complexity index is 1100. The molecule has 11 heteroatoms. The number of piperidine rings is 1. The van der Waals surface area contributed by atoms with Crippen molar-refractivity contribution in [2.75, 3.05) is 25.2 Å². The molecule has 0 bridgehead atoms. The third kappa shape index (κ3) is 5.55. The minimum Gasteiger partial charge on any atom is -0.454 e. The molecule has 3 amide bonds. The predicted molar refractivity (Wildman–Crippen MR) is 129 cm³/mol. The lowest BCUT2D eigenvalue weighted by molar-refractivity contribution is -0.127. The first-order valence-corrected chi connectivity index (χ1v) is 13.0. The van der Waals surface area contributed by atoms with E-state index in [1.807, 2.05) is 0 Å². The molecule has 2 N–H and O–H groups in total. The van der Waals surface area contributed by atoms with E-state index < -0.39 is 5.91 Å². The summed E-state index contributed by atoms with van der Waals surface area (Å²) in [6.07, 6.45) is 8.36. The molecule has 1 aliphatic carbocycles. The Morgan fingerprint density at radius 1 is 0.943 bits per heavy atom. The molecule has 0 spiro atoms. The highest BCUT2D eigenvalue weighted by Gasteiger charge is 2.32. The van der Waals surface area contributed by atoms with Gasteiger partial charge in [-0.15, -0.1) is 10.2 Å². The van der Waals surface area contributed by atoms with E-state index in [9.17, 15) is 14.4 Å². The highest BCUT2D eigenvalue weighted by atomic mass is 32.1. The summed E-state index contributed by atoms with van der Waals surface area (Å²) in [6, 6.07) is 5.32. The smallest absolute Gasteiger partial charge is 0.286 e. The van der Waals surface area contributed by atoms with E-state index in [2.05, 4.69) is 20.8 Å². The number of aromatic nitrogens is 2. The number of anilines is 1. The van der Waals surface area contributed by atoms with Crippen LogP contribution in [-0.4, -0.2) is 58.7 Å². The number of hydrogen-bond donors (Lipinski definition) is 2. The van der Waals surface area contributed by atoms with E-state index >= 15 is 0 Å². The van der Waals surface area contributed by atoms with Gasteiger partial charge >= 0.3 is 0 Å². The average molecular weight is 500 g/mol. The number of hydrogen-bond acceptors (Lipinski definition) is 8. The Hall–Kier alpha value is -3.21. The van der Waals surface area contributed by atoms with Crippen LogP contribution in [0.4, 0.5) is 5.69 Å². The highest BCUT2D eigenvalue weighted by molar-refractivity contribution is 7.15. The van der Waals surface area contributed by atoms with Crippen molar-refractivity contribution < 1.29 is 23.9 Å². The van der Waals surface area contributed by atoms with E-state index in [0.717, 1.165) is 49.9 Å². The first-order chi connectivity index (χ1) is 17.1. The van der Waals surface area contributed by atoms with Gasteiger partial charge in [0.1, 0.15) is 0 Å². The summed E-state index contributed by atoms with van der Waals surface area (Å²) in [4.78, 5) is 40.2. The van der Waals surface area contributed by atoms with E-state index in [4.69, 9.17) is 9.47 Å². The van der Waals surface area contributed by atoms with Crippen LogP contribution in [0, 0.1) is 5.92 Å². The standard InChI is InChI=1S/C24H29N5O5S/c30-20(25-16-7-3-1-2-4-8-16)15-6-5-11-29(13-15)24(32)23-28-27-22(35-23)21(31)26-17-9-10-18-19(12-17)34-14-33-18/h9-10,12,15-16H,1-8,11,13-14H2,(H,25,30)(H,26,31). The molecule has 1 saturated carbocycles.